The monoisotopic (exact) mass is 286 g/mol. The van der Waals surface area contributed by atoms with E-state index in [0.717, 1.165) is 5.56 Å². The summed E-state index contributed by atoms with van der Waals surface area (Å²) in [5.74, 6) is -0.194. The number of thioether (sulfide) groups is 1. The summed E-state index contributed by atoms with van der Waals surface area (Å²) in [5.41, 5.74) is 3.79. The van der Waals surface area contributed by atoms with Gasteiger partial charge >= 0.3 is 0 Å². The molecule has 2 aromatic carbocycles. The van der Waals surface area contributed by atoms with E-state index >= 15 is 0 Å². The lowest BCUT2D eigenvalue weighted by atomic mass is 10.2. The summed E-state index contributed by atoms with van der Waals surface area (Å²) < 4.78 is 0. The maximum Gasteiger partial charge on any atom is 0.271 e. The van der Waals surface area contributed by atoms with Crippen molar-refractivity contribution in [3.05, 3.63) is 59.7 Å². The third-order valence-corrected chi connectivity index (χ3v) is 3.37. The quantitative estimate of drug-likeness (QED) is 0.516. The van der Waals surface area contributed by atoms with E-state index in [1.807, 2.05) is 30.5 Å². The van der Waals surface area contributed by atoms with Crippen LogP contribution in [0.5, 0.6) is 5.75 Å². The first-order chi connectivity index (χ1) is 9.69. The number of carbonyl (C=O) groups is 1. The van der Waals surface area contributed by atoms with E-state index in [4.69, 9.17) is 5.11 Å². The second-order valence-electron chi connectivity index (χ2n) is 4.02. The van der Waals surface area contributed by atoms with Crippen molar-refractivity contribution in [2.75, 3.05) is 6.26 Å². The van der Waals surface area contributed by atoms with Crippen molar-refractivity contribution in [3.63, 3.8) is 0 Å². The fourth-order valence-electron chi connectivity index (χ4n) is 1.53. The highest BCUT2D eigenvalue weighted by Gasteiger charge is 2.03. The molecule has 0 bridgehead atoms. The van der Waals surface area contributed by atoms with E-state index in [2.05, 4.69) is 10.5 Å². The Morgan fingerprint density at radius 1 is 1.15 bits per heavy atom. The van der Waals surface area contributed by atoms with Crippen LogP contribution in [0.4, 0.5) is 0 Å². The van der Waals surface area contributed by atoms with E-state index in [1.54, 1.807) is 18.0 Å². The highest BCUT2D eigenvalue weighted by molar-refractivity contribution is 7.98. The summed E-state index contributed by atoms with van der Waals surface area (Å²) in [5, 5.41) is 13.0. The molecule has 0 aliphatic rings. The van der Waals surface area contributed by atoms with Crippen LogP contribution in [0.2, 0.25) is 0 Å². The highest BCUT2D eigenvalue weighted by atomic mass is 32.2. The number of nitrogens with zero attached hydrogens (tertiary/aromatic N) is 1. The molecule has 0 spiro atoms. The van der Waals surface area contributed by atoms with Crippen molar-refractivity contribution in [1.82, 2.24) is 5.43 Å². The number of amides is 1. The minimum atomic E-state index is -0.318. The molecule has 20 heavy (non-hydrogen) atoms. The largest absolute Gasteiger partial charge is 0.508 e. The summed E-state index contributed by atoms with van der Waals surface area (Å²) in [6.45, 7) is 0. The van der Waals surface area contributed by atoms with Gasteiger partial charge in [-0.1, -0.05) is 12.1 Å². The van der Waals surface area contributed by atoms with Crippen molar-refractivity contribution in [2.45, 2.75) is 4.90 Å². The third-order valence-electron chi connectivity index (χ3n) is 2.63. The smallest absolute Gasteiger partial charge is 0.271 e. The molecule has 0 saturated carbocycles. The number of rotatable bonds is 4. The van der Waals surface area contributed by atoms with Crippen LogP contribution >= 0.6 is 11.8 Å². The van der Waals surface area contributed by atoms with Crippen LogP contribution in [-0.4, -0.2) is 23.5 Å². The average Bonchev–Trinajstić information content (AvgIpc) is 2.48. The minimum Gasteiger partial charge on any atom is -0.508 e. The zero-order chi connectivity index (χ0) is 14.4. The molecule has 102 valence electrons. The van der Waals surface area contributed by atoms with Gasteiger partial charge in [0.2, 0.25) is 0 Å². The summed E-state index contributed by atoms with van der Waals surface area (Å²) >= 11 is 1.67. The molecule has 2 rings (SSSR count). The van der Waals surface area contributed by atoms with Gasteiger partial charge in [0.25, 0.3) is 5.91 Å². The van der Waals surface area contributed by atoms with Crippen molar-refractivity contribution >= 4 is 23.9 Å². The Morgan fingerprint density at radius 3 is 2.40 bits per heavy atom. The Labute approximate surface area is 121 Å². The van der Waals surface area contributed by atoms with Gasteiger partial charge in [0, 0.05) is 10.5 Å². The van der Waals surface area contributed by atoms with Crippen LogP contribution in [-0.2, 0) is 0 Å². The zero-order valence-electron chi connectivity index (χ0n) is 10.9. The topological polar surface area (TPSA) is 61.7 Å². The van der Waals surface area contributed by atoms with Gasteiger partial charge in [0.1, 0.15) is 5.75 Å². The predicted molar refractivity (Wildman–Crippen MR) is 81.4 cm³/mol. The number of aromatic hydroxyl groups is 1. The Hall–Kier alpha value is -2.27. The number of phenolic OH excluding ortho intramolecular Hbond substituents is 1. The first-order valence-corrected chi connectivity index (χ1v) is 7.18. The number of hydrogen-bond acceptors (Lipinski definition) is 4. The molecular weight excluding hydrogens is 272 g/mol. The molecule has 0 aliphatic carbocycles. The summed E-state index contributed by atoms with van der Waals surface area (Å²) in [7, 11) is 0. The fourth-order valence-corrected chi connectivity index (χ4v) is 1.94. The standard InChI is InChI=1S/C15H14N2O2S/c1-20-14-8-2-11(3-9-14)10-16-17-15(19)12-4-6-13(18)7-5-12/h2-10,18H,1H3,(H,17,19). The molecule has 2 N–H and O–H groups in total. The number of phenols is 1. The molecule has 0 saturated heterocycles. The molecule has 0 aliphatic heterocycles. The molecule has 1 amide bonds. The number of benzene rings is 2. The van der Waals surface area contributed by atoms with Gasteiger partial charge in [0.15, 0.2) is 0 Å². The van der Waals surface area contributed by atoms with Crippen LogP contribution < -0.4 is 5.43 Å². The maximum atomic E-state index is 11.7. The molecule has 0 radical (unpaired) electrons. The predicted octanol–water partition coefficient (Wildman–Crippen LogP) is 2.88. The highest BCUT2D eigenvalue weighted by Crippen LogP contribution is 2.14. The van der Waals surface area contributed by atoms with Gasteiger partial charge in [-0.3, -0.25) is 4.79 Å². The van der Waals surface area contributed by atoms with Crippen molar-refractivity contribution < 1.29 is 9.90 Å². The Morgan fingerprint density at radius 2 is 1.80 bits per heavy atom. The molecular formula is C15H14N2O2S. The van der Waals surface area contributed by atoms with Crippen LogP contribution in [0, 0.1) is 0 Å². The molecule has 5 heteroatoms. The van der Waals surface area contributed by atoms with E-state index < -0.39 is 0 Å². The first kappa shape index (κ1) is 14.1. The normalized spacial score (nSPS) is 10.7. The van der Waals surface area contributed by atoms with Crippen molar-refractivity contribution in [2.24, 2.45) is 5.10 Å². The Bertz CT molecular complexity index is 607. The Balaban J connectivity index is 1.95. The summed E-state index contributed by atoms with van der Waals surface area (Å²) in [6, 6.07) is 13.8. The van der Waals surface area contributed by atoms with E-state index in [1.165, 1.54) is 29.2 Å². The van der Waals surface area contributed by atoms with Crippen LogP contribution in [0.25, 0.3) is 0 Å². The lowest BCUT2D eigenvalue weighted by molar-refractivity contribution is 0.0955. The lowest BCUT2D eigenvalue weighted by Crippen LogP contribution is -2.17. The van der Waals surface area contributed by atoms with Crippen molar-refractivity contribution in [1.29, 1.82) is 0 Å². The van der Waals surface area contributed by atoms with E-state index in [9.17, 15) is 4.79 Å². The molecule has 0 heterocycles. The SMILES string of the molecule is CSc1ccc(C=NNC(=O)c2ccc(O)cc2)cc1. The molecule has 0 aromatic heterocycles. The fraction of sp³-hybridized carbons (Fsp3) is 0.0667. The van der Waals surface area contributed by atoms with Crippen LogP contribution in [0.1, 0.15) is 15.9 Å². The van der Waals surface area contributed by atoms with Crippen LogP contribution in [0.3, 0.4) is 0 Å². The van der Waals surface area contributed by atoms with Gasteiger partial charge in [-0.2, -0.15) is 5.10 Å². The van der Waals surface area contributed by atoms with Gasteiger partial charge in [-0.25, -0.2) is 5.43 Å². The molecule has 4 nitrogen and oxygen atoms in total. The van der Waals surface area contributed by atoms with Crippen LogP contribution in [0.15, 0.2) is 58.5 Å². The maximum absolute atomic E-state index is 11.7. The average molecular weight is 286 g/mol. The molecule has 2 aromatic rings. The Kier molecular flexibility index (Phi) is 4.79. The van der Waals surface area contributed by atoms with E-state index in [-0.39, 0.29) is 11.7 Å². The summed E-state index contributed by atoms with van der Waals surface area (Å²) in [6.07, 6.45) is 3.60. The third kappa shape index (κ3) is 3.86. The lowest BCUT2D eigenvalue weighted by Gasteiger charge is -2.00. The number of hydrogen-bond donors (Lipinski definition) is 2. The summed E-state index contributed by atoms with van der Waals surface area (Å²) in [4.78, 5) is 12.9. The van der Waals surface area contributed by atoms with E-state index in [0.29, 0.717) is 5.56 Å². The minimum absolute atomic E-state index is 0.124. The number of hydrazone groups is 1. The van der Waals surface area contributed by atoms with Crippen molar-refractivity contribution in [3.8, 4) is 5.75 Å². The molecule has 0 fully saturated rings. The van der Waals surface area contributed by atoms with Gasteiger partial charge < -0.3 is 5.11 Å². The molecule has 0 unspecified atom stereocenters. The zero-order valence-corrected chi connectivity index (χ0v) is 11.7. The first-order valence-electron chi connectivity index (χ1n) is 5.95. The van der Waals surface area contributed by atoms with Gasteiger partial charge in [-0.05, 0) is 48.2 Å². The number of carbonyl (C=O) groups excluding carboxylic acids is 1. The van der Waals surface area contributed by atoms with Gasteiger partial charge in [0.05, 0.1) is 6.21 Å². The molecule has 0 atom stereocenters. The second kappa shape index (κ2) is 6.77. The van der Waals surface area contributed by atoms with Gasteiger partial charge in [-0.15, -0.1) is 11.8 Å². The second-order valence-corrected chi connectivity index (χ2v) is 4.90. The number of nitrogens with one attached hydrogen (secondary N) is 1.